The van der Waals surface area contributed by atoms with Gasteiger partial charge in [-0.3, -0.25) is 4.79 Å². The molecule has 1 heterocycles. The van der Waals surface area contributed by atoms with Crippen LogP contribution in [0.3, 0.4) is 0 Å². The van der Waals surface area contributed by atoms with Crippen molar-refractivity contribution >= 4 is 12.4 Å². The maximum Gasteiger partial charge on any atom is 0.250 e. The Labute approximate surface area is 71.2 Å². The Hall–Kier alpha value is -0.800. The van der Waals surface area contributed by atoms with Crippen LogP contribution in [0.5, 0.6) is 0 Å². The third kappa shape index (κ3) is 2.37. The molecule has 0 aliphatic rings. The first-order valence-electron chi connectivity index (χ1n) is 3.09. The molecule has 4 heteroatoms. The van der Waals surface area contributed by atoms with Crippen LogP contribution in [0.1, 0.15) is 5.56 Å². The van der Waals surface area contributed by atoms with Gasteiger partial charge in [0, 0.05) is 25.9 Å². The molecular weight excluding hydrogens is 164 g/mol. The average Bonchev–Trinajstić information content (AvgIpc) is 1.95. The van der Waals surface area contributed by atoms with Crippen LogP contribution in [0.4, 0.5) is 0 Å². The molecule has 62 valence electrons. The molecule has 2 N–H and O–H groups in total. The van der Waals surface area contributed by atoms with Gasteiger partial charge < -0.3 is 10.3 Å². The van der Waals surface area contributed by atoms with Crippen molar-refractivity contribution in [3.8, 4) is 0 Å². The van der Waals surface area contributed by atoms with Gasteiger partial charge in [-0.2, -0.15) is 0 Å². The number of nitrogens with zero attached hydrogens (tertiary/aromatic N) is 1. The van der Waals surface area contributed by atoms with E-state index in [0.717, 1.165) is 5.56 Å². The molecule has 1 rings (SSSR count). The van der Waals surface area contributed by atoms with Crippen molar-refractivity contribution in [1.29, 1.82) is 0 Å². The van der Waals surface area contributed by atoms with E-state index in [1.54, 1.807) is 19.3 Å². The molecule has 0 spiro atoms. The van der Waals surface area contributed by atoms with Crippen LogP contribution < -0.4 is 11.3 Å². The highest BCUT2D eigenvalue weighted by molar-refractivity contribution is 5.85. The van der Waals surface area contributed by atoms with E-state index in [9.17, 15) is 4.79 Å². The summed E-state index contributed by atoms with van der Waals surface area (Å²) in [6.07, 6.45) is 1.74. The second-order valence-corrected chi connectivity index (χ2v) is 2.19. The average molecular weight is 175 g/mol. The lowest BCUT2D eigenvalue weighted by atomic mass is 10.3. The van der Waals surface area contributed by atoms with Crippen LogP contribution in [0.15, 0.2) is 23.1 Å². The fourth-order valence-electron chi connectivity index (χ4n) is 0.772. The minimum absolute atomic E-state index is 0. The van der Waals surface area contributed by atoms with E-state index < -0.39 is 0 Å². The van der Waals surface area contributed by atoms with Crippen LogP contribution >= 0.6 is 12.4 Å². The van der Waals surface area contributed by atoms with Crippen LogP contribution in [-0.4, -0.2) is 4.57 Å². The zero-order chi connectivity index (χ0) is 7.56. The van der Waals surface area contributed by atoms with Crippen molar-refractivity contribution in [3.63, 3.8) is 0 Å². The molecule has 11 heavy (non-hydrogen) atoms. The second-order valence-electron chi connectivity index (χ2n) is 2.19. The molecule has 0 radical (unpaired) electrons. The number of hydrogen-bond donors (Lipinski definition) is 1. The van der Waals surface area contributed by atoms with Crippen LogP contribution in [-0.2, 0) is 13.6 Å². The standard InChI is InChI=1S/C7H10N2O.ClH/c1-9-5-6(4-8)2-3-7(9)10;/h2-3,5H,4,8H2,1H3;1H. The van der Waals surface area contributed by atoms with Crippen molar-refractivity contribution in [2.75, 3.05) is 0 Å². The van der Waals surface area contributed by atoms with Gasteiger partial charge in [0.15, 0.2) is 0 Å². The summed E-state index contributed by atoms with van der Waals surface area (Å²) < 4.78 is 1.52. The quantitative estimate of drug-likeness (QED) is 0.664. The second kappa shape index (κ2) is 4.16. The fourth-order valence-corrected chi connectivity index (χ4v) is 0.772. The lowest BCUT2D eigenvalue weighted by Crippen LogP contribution is -2.15. The van der Waals surface area contributed by atoms with Gasteiger partial charge in [-0.25, -0.2) is 0 Å². The number of hydrogen-bond acceptors (Lipinski definition) is 2. The zero-order valence-electron chi connectivity index (χ0n) is 6.28. The molecule has 1 aromatic heterocycles. The number of aromatic nitrogens is 1. The van der Waals surface area contributed by atoms with Crippen molar-refractivity contribution in [1.82, 2.24) is 4.57 Å². The van der Waals surface area contributed by atoms with Gasteiger partial charge in [0.05, 0.1) is 0 Å². The van der Waals surface area contributed by atoms with E-state index in [1.807, 2.05) is 0 Å². The smallest absolute Gasteiger partial charge is 0.250 e. The number of nitrogens with two attached hydrogens (primary N) is 1. The largest absolute Gasteiger partial charge is 0.326 e. The summed E-state index contributed by atoms with van der Waals surface area (Å²) in [5, 5.41) is 0. The molecule has 0 aliphatic heterocycles. The van der Waals surface area contributed by atoms with Crippen LogP contribution in [0.2, 0.25) is 0 Å². The molecule has 0 unspecified atom stereocenters. The van der Waals surface area contributed by atoms with E-state index in [2.05, 4.69) is 0 Å². The lowest BCUT2D eigenvalue weighted by Gasteiger charge is -1.98. The SMILES string of the molecule is Cl.Cn1cc(CN)ccc1=O. The normalized spacial score (nSPS) is 8.91. The lowest BCUT2D eigenvalue weighted by molar-refractivity contribution is 0.838. The van der Waals surface area contributed by atoms with Crippen molar-refractivity contribution < 1.29 is 0 Å². The monoisotopic (exact) mass is 174 g/mol. The molecule has 0 aromatic carbocycles. The molecule has 0 fully saturated rings. The number of halogens is 1. The Morgan fingerprint density at radius 3 is 2.64 bits per heavy atom. The molecule has 0 aliphatic carbocycles. The highest BCUT2D eigenvalue weighted by atomic mass is 35.5. The molecule has 0 atom stereocenters. The van der Waals surface area contributed by atoms with Crippen molar-refractivity contribution in [2.24, 2.45) is 12.8 Å². The molecule has 1 aromatic rings. The Kier molecular flexibility index (Phi) is 3.85. The van der Waals surface area contributed by atoms with Gasteiger partial charge in [0.25, 0.3) is 0 Å². The molecule has 0 amide bonds. The fraction of sp³-hybridized carbons (Fsp3) is 0.286. The summed E-state index contributed by atoms with van der Waals surface area (Å²) >= 11 is 0. The Balaban J connectivity index is 0.000001000. The Bertz CT molecular complexity index is 282. The highest BCUT2D eigenvalue weighted by Gasteiger charge is 1.90. The van der Waals surface area contributed by atoms with Gasteiger partial charge in [0.2, 0.25) is 5.56 Å². The van der Waals surface area contributed by atoms with E-state index in [4.69, 9.17) is 5.73 Å². The van der Waals surface area contributed by atoms with Gasteiger partial charge >= 0.3 is 0 Å². The summed E-state index contributed by atoms with van der Waals surface area (Å²) in [4.78, 5) is 10.8. The summed E-state index contributed by atoms with van der Waals surface area (Å²) in [5.41, 5.74) is 6.32. The molecule has 0 bridgehead atoms. The first-order valence-corrected chi connectivity index (χ1v) is 3.09. The van der Waals surface area contributed by atoms with Crippen LogP contribution in [0.25, 0.3) is 0 Å². The zero-order valence-corrected chi connectivity index (χ0v) is 7.10. The molecule has 0 saturated carbocycles. The minimum atomic E-state index is -0.00259. The third-order valence-corrected chi connectivity index (χ3v) is 1.38. The number of rotatable bonds is 1. The van der Waals surface area contributed by atoms with Gasteiger partial charge in [-0.1, -0.05) is 6.07 Å². The third-order valence-electron chi connectivity index (χ3n) is 1.38. The number of aryl methyl sites for hydroxylation is 1. The Morgan fingerprint density at radius 2 is 2.18 bits per heavy atom. The summed E-state index contributed by atoms with van der Waals surface area (Å²) in [7, 11) is 1.71. The topological polar surface area (TPSA) is 48.0 Å². The first kappa shape index (κ1) is 10.2. The molecular formula is C7H11ClN2O. The van der Waals surface area contributed by atoms with E-state index in [0.29, 0.717) is 6.54 Å². The summed E-state index contributed by atoms with van der Waals surface area (Å²) in [5.74, 6) is 0. The molecule has 3 nitrogen and oxygen atoms in total. The summed E-state index contributed by atoms with van der Waals surface area (Å²) in [6, 6.07) is 3.25. The van der Waals surface area contributed by atoms with Gasteiger partial charge in [-0.05, 0) is 5.56 Å². The predicted octanol–water partition coefficient (Wildman–Crippen LogP) is 0.266. The van der Waals surface area contributed by atoms with Gasteiger partial charge in [0.1, 0.15) is 0 Å². The van der Waals surface area contributed by atoms with Gasteiger partial charge in [-0.15, -0.1) is 12.4 Å². The van der Waals surface area contributed by atoms with Crippen LogP contribution in [0, 0.1) is 0 Å². The number of pyridine rings is 1. The Morgan fingerprint density at radius 1 is 1.55 bits per heavy atom. The van der Waals surface area contributed by atoms with E-state index >= 15 is 0 Å². The highest BCUT2D eigenvalue weighted by Crippen LogP contribution is 1.90. The minimum Gasteiger partial charge on any atom is -0.326 e. The maximum atomic E-state index is 10.8. The van der Waals surface area contributed by atoms with Crippen molar-refractivity contribution in [3.05, 3.63) is 34.2 Å². The summed E-state index contributed by atoms with van der Waals surface area (Å²) in [6.45, 7) is 0.480. The maximum absolute atomic E-state index is 10.8. The van der Waals surface area contributed by atoms with E-state index in [-0.39, 0.29) is 18.0 Å². The first-order chi connectivity index (χ1) is 4.74. The van der Waals surface area contributed by atoms with E-state index in [1.165, 1.54) is 10.6 Å². The molecule has 0 saturated heterocycles. The van der Waals surface area contributed by atoms with Crippen molar-refractivity contribution in [2.45, 2.75) is 6.54 Å². The predicted molar refractivity (Wildman–Crippen MR) is 46.8 cm³/mol.